The zero-order chi connectivity index (χ0) is 16.6. The van der Waals surface area contributed by atoms with Crippen molar-refractivity contribution >= 4 is 17.4 Å². The molecule has 3 aromatic rings. The third-order valence-electron chi connectivity index (χ3n) is 3.37. The summed E-state index contributed by atoms with van der Waals surface area (Å²) in [6.45, 7) is 9.87. The van der Waals surface area contributed by atoms with Crippen LogP contribution in [0.5, 0.6) is 0 Å². The number of rotatable bonds is 4. The van der Waals surface area contributed by atoms with Crippen LogP contribution < -0.4 is 5.56 Å². The normalized spacial score (nSPS) is 11.1. The fourth-order valence-electron chi connectivity index (χ4n) is 2.45. The summed E-state index contributed by atoms with van der Waals surface area (Å²) >= 11 is 1.52. The van der Waals surface area contributed by atoms with Crippen molar-refractivity contribution in [1.82, 2.24) is 19.2 Å². The van der Waals surface area contributed by atoms with Crippen LogP contribution in [0.2, 0.25) is 0 Å². The molecule has 118 valence electrons. The Balaban J connectivity index is 2.09. The molecule has 0 bridgehead atoms. The molecule has 6 heteroatoms. The number of fused-ring (bicyclic) bond motifs is 1. The van der Waals surface area contributed by atoms with Gasteiger partial charge in [0.2, 0.25) is 5.65 Å². The highest BCUT2D eigenvalue weighted by atomic mass is 32.2. The maximum atomic E-state index is 12.7. The quantitative estimate of drug-likeness (QED) is 0.546. The second-order valence-electron chi connectivity index (χ2n) is 5.74. The molecule has 0 aliphatic rings. The highest BCUT2D eigenvalue weighted by Crippen LogP contribution is 2.18. The Labute approximate surface area is 138 Å². The fourth-order valence-corrected chi connectivity index (χ4v) is 3.21. The Morgan fingerprint density at radius 1 is 1.17 bits per heavy atom. The predicted octanol–water partition coefficient (Wildman–Crippen LogP) is 3.17. The first-order chi connectivity index (χ1) is 11.0. The van der Waals surface area contributed by atoms with E-state index in [0.29, 0.717) is 10.8 Å². The van der Waals surface area contributed by atoms with Crippen LogP contribution >= 0.6 is 11.8 Å². The summed E-state index contributed by atoms with van der Waals surface area (Å²) in [5, 5.41) is 8.88. The number of hydrogen-bond acceptors (Lipinski definition) is 4. The highest BCUT2D eigenvalue weighted by molar-refractivity contribution is 7.99. The average molecular weight is 326 g/mol. The molecule has 3 rings (SSSR count). The first-order valence-corrected chi connectivity index (χ1v) is 8.26. The number of nitrogens with zero attached hydrogens (tertiary/aromatic N) is 4. The van der Waals surface area contributed by atoms with Gasteiger partial charge in [0.1, 0.15) is 0 Å². The lowest BCUT2D eigenvalue weighted by Gasteiger charge is -2.08. The Morgan fingerprint density at radius 2 is 1.87 bits per heavy atom. The minimum Gasteiger partial charge on any atom is -0.280 e. The molecule has 0 radical (unpaired) electrons. The fraction of sp³-hybridized carbons (Fsp3) is 0.235. The summed E-state index contributed by atoms with van der Waals surface area (Å²) in [5.41, 5.74) is 4.28. The molecule has 0 aliphatic carbocycles. The predicted molar refractivity (Wildman–Crippen MR) is 93.6 cm³/mol. The minimum atomic E-state index is -0.174. The summed E-state index contributed by atoms with van der Waals surface area (Å²) in [4.78, 5) is 12.7. The lowest BCUT2D eigenvalue weighted by molar-refractivity contribution is 0.893. The molecule has 0 unspecified atom stereocenters. The standard InChI is InChI=1S/C17H18N4OS/c1-11(2)10-23-17-19-18-15-16(22)20(5-6-21(15)17)14-8-12(3)7-13(4)9-14/h5-9H,1,10H2,2-4H3. The van der Waals surface area contributed by atoms with Gasteiger partial charge in [-0.1, -0.05) is 30.0 Å². The van der Waals surface area contributed by atoms with Gasteiger partial charge in [0.05, 0.1) is 0 Å². The molecule has 0 saturated heterocycles. The van der Waals surface area contributed by atoms with E-state index >= 15 is 0 Å². The molecule has 0 spiro atoms. The summed E-state index contributed by atoms with van der Waals surface area (Å²) in [7, 11) is 0. The third-order valence-corrected chi connectivity index (χ3v) is 4.55. The van der Waals surface area contributed by atoms with Crippen molar-refractivity contribution in [2.75, 3.05) is 5.75 Å². The van der Waals surface area contributed by atoms with Gasteiger partial charge in [-0.3, -0.25) is 13.8 Å². The maximum absolute atomic E-state index is 12.7. The smallest absolute Gasteiger partial charge is 0.280 e. The first-order valence-electron chi connectivity index (χ1n) is 7.28. The van der Waals surface area contributed by atoms with Crippen LogP contribution in [0.3, 0.4) is 0 Å². The molecular formula is C17H18N4OS. The van der Waals surface area contributed by atoms with Gasteiger partial charge in [-0.2, -0.15) is 0 Å². The van der Waals surface area contributed by atoms with E-state index in [1.807, 2.05) is 39.1 Å². The monoisotopic (exact) mass is 326 g/mol. The number of aromatic nitrogens is 4. The van der Waals surface area contributed by atoms with Crippen molar-refractivity contribution < 1.29 is 0 Å². The lowest BCUT2D eigenvalue weighted by atomic mass is 10.1. The Kier molecular flexibility index (Phi) is 4.09. The van der Waals surface area contributed by atoms with E-state index in [9.17, 15) is 4.79 Å². The molecule has 1 aromatic carbocycles. The van der Waals surface area contributed by atoms with E-state index in [1.165, 1.54) is 11.8 Å². The van der Waals surface area contributed by atoms with E-state index in [1.54, 1.807) is 15.2 Å². The Morgan fingerprint density at radius 3 is 2.52 bits per heavy atom. The molecule has 2 heterocycles. The number of hydrogen-bond donors (Lipinski definition) is 0. The molecule has 23 heavy (non-hydrogen) atoms. The second-order valence-corrected chi connectivity index (χ2v) is 6.68. The van der Waals surface area contributed by atoms with Crippen molar-refractivity contribution in [1.29, 1.82) is 0 Å². The summed E-state index contributed by atoms with van der Waals surface area (Å²) in [5.74, 6) is 0.751. The molecule has 0 saturated carbocycles. The lowest BCUT2D eigenvalue weighted by Crippen LogP contribution is -2.20. The van der Waals surface area contributed by atoms with Gasteiger partial charge < -0.3 is 0 Å². The van der Waals surface area contributed by atoms with Crippen molar-refractivity contribution in [3.05, 3.63) is 64.2 Å². The largest absolute Gasteiger partial charge is 0.300 e. The molecule has 0 aliphatic heterocycles. The zero-order valence-electron chi connectivity index (χ0n) is 13.4. The van der Waals surface area contributed by atoms with Crippen LogP contribution in [0.25, 0.3) is 11.3 Å². The van der Waals surface area contributed by atoms with E-state index < -0.39 is 0 Å². The maximum Gasteiger partial charge on any atom is 0.300 e. The van der Waals surface area contributed by atoms with Crippen LogP contribution in [0.15, 0.2) is 52.7 Å². The summed E-state index contributed by atoms with van der Waals surface area (Å²) in [6, 6.07) is 6.05. The Bertz CT molecular complexity index is 935. The molecule has 2 aromatic heterocycles. The van der Waals surface area contributed by atoms with Gasteiger partial charge in [-0.05, 0) is 44.0 Å². The Hall–Kier alpha value is -2.34. The van der Waals surface area contributed by atoms with Gasteiger partial charge in [-0.15, -0.1) is 10.2 Å². The second kappa shape index (κ2) is 6.04. The topological polar surface area (TPSA) is 52.2 Å². The molecule has 0 amide bonds. The van der Waals surface area contributed by atoms with E-state index in [4.69, 9.17) is 0 Å². The summed E-state index contributed by atoms with van der Waals surface area (Å²) in [6.07, 6.45) is 3.59. The molecular weight excluding hydrogens is 308 g/mol. The van der Waals surface area contributed by atoms with Crippen molar-refractivity contribution in [2.45, 2.75) is 25.9 Å². The average Bonchev–Trinajstić information content (AvgIpc) is 2.88. The van der Waals surface area contributed by atoms with Crippen LogP contribution in [-0.4, -0.2) is 24.9 Å². The van der Waals surface area contributed by atoms with Crippen LogP contribution in [0.1, 0.15) is 18.1 Å². The van der Waals surface area contributed by atoms with Gasteiger partial charge in [0, 0.05) is 23.8 Å². The zero-order valence-corrected chi connectivity index (χ0v) is 14.2. The van der Waals surface area contributed by atoms with Crippen LogP contribution in [0.4, 0.5) is 0 Å². The van der Waals surface area contributed by atoms with E-state index in [-0.39, 0.29) is 5.56 Å². The van der Waals surface area contributed by atoms with Gasteiger partial charge >= 0.3 is 5.56 Å². The van der Waals surface area contributed by atoms with E-state index in [0.717, 1.165) is 28.1 Å². The first kappa shape index (κ1) is 15.6. The molecule has 0 N–H and O–H groups in total. The van der Waals surface area contributed by atoms with Crippen molar-refractivity contribution in [3.63, 3.8) is 0 Å². The van der Waals surface area contributed by atoms with Gasteiger partial charge in [0.15, 0.2) is 5.16 Å². The van der Waals surface area contributed by atoms with Crippen molar-refractivity contribution in [2.24, 2.45) is 0 Å². The number of aryl methyl sites for hydroxylation is 2. The SMILES string of the molecule is C=C(C)CSc1nnc2c(=O)n(-c3cc(C)cc(C)c3)ccn12. The van der Waals surface area contributed by atoms with Crippen LogP contribution in [-0.2, 0) is 0 Å². The third kappa shape index (κ3) is 3.07. The molecule has 0 atom stereocenters. The number of benzene rings is 1. The molecule has 0 fully saturated rings. The number of thioether (sulfide) groups is 1. The van der Waals surface area contributed by atoms with Crippen molar-refractivity contribution in [3.8, 4) is 5.69 Å². The minimum absolute atomic E-state index is 0.174. The highest BCUT2D eigenvalue weighted by Gasteiger charge is 2.12. The van der Waals surface area contributed by atoms with E-state index in [2.05, 4.69) is 22.8 Å². The van der Waals surface area contributed by atoms with Gasteiger partial charge in [-0.25, -0.2) is 0 Å². The molecule has 5 nitrogen and oxygen atoms in total. The summed E-state index contributed by atoms with van der Waals surface area (Å²) < 4.78 is 3.34. The van der Waals surface area contributed by atoms with Gasteiger partial charge in [0.25, 0.3) is 0 Å². The van der Waals surface area contributed by atoms with Crippen LogP contribution in [0, 0.1) is 13.8 Å².